The van der Waals surface area contributed by atoms with E-state index in [4.69, 9.17) is 11.6 Å². The molecule has 0 atom stereocenters. The standard InChI is InChI=1S/C10H10ClN/c1-6-3-4-9-8(7(6)2)5-10(11)12-9/h3-5,12H,1-2H3. The van der Waals surface area contributed by atoms with E-state index >= 15 is 0 Å². The second-order valence-electron chi connectivity index (χ2n) is 3.09. The number of hydrogen-bond acceptors (Lipinski definition) is 0. The second kappa shape index (κ2) is 2.53. The van der Waals surface area contributed by atoms with E-state index in [1.54, 1.807) is 0 Å². The van der Waals surface area contributed by atoms with Crippen molar-refractivity contribution in [2.45, 2.75) is 13.8 Å². The highest BCUT2D eigenvalue weighted by Gasteiger charge is 2.02. The van der Waals surface area contributed by atoms with Gasteiger partial charge in [-0.1, -0.05) is 17.7 Å². The predicted molar refractivity (Wildman–Crippen MR) is 52.8 cm³/mol. The molecule has 0 aliphatic carbocycles. The number of hydrogen-bond donors (Lipinski definition) is 1. The van der Waals surface area contributed by atoms with Crippen LogP contribution in [0, 0.1) is 13.8 Å². The molecule has 2 heteroatoms. The Kier molecular flexibility index (Phi) is 1.62. The van der Waals surface area contributed by atoms with Crippen LogP contribution >= 0.6 is 11.6 Å². The van der Waals surface area contributed by atoms with Crippen molar-refractivity contribution in [1.29, 1.82) is 0 Å². The summed E-state index contributed by atoms with van der Waals surface area (Å²) in [6.07, 6.45) is 0. The fraction of sp³-hybridized carbons (Fsp3) is 0.200. The minimum absolute atomic E-state index is 0.707. The molecule has 0 fully saturated rings. The molecule has 0 spiro atoms. The number of aryl methyl sites for hydroxylation is 2. The van der Waals surface area contributed by atoms with E-state index in [2.05, 4.69) is 31.0 Å². The van der Waals surface area contributed by atoms with E-state index in [0.29, 0.717) is 5.15 Å². The molecule has 1 aromatic carbocycles. The topological polar surface area (TPSA) is 15.8 Å². The van der Waals surface area contributed by atoms with Gasteiger partial charge in [-0.2, -0.15) is 0 Å². The molecule has 0 saturated carbocycles. The van der Waals surface area contributed by atoms with Crippen molar-refractivity contribution in [2.75, 3.05) is 0 Å². The summed E-state index contributed by atoms with van der Waals surface area (Å²) in [7, 11) is 0. The highest BCUT2D eigenvalue weighted by atomic mass is 35.5. The smallest absolute Gasteiger partial charge is 0.107 e. The van der Waals surface area contributed by atoms with Crippen molar-refractivity contribution in [1.82, 2.24) is 4.98 Å². The number of benzene rings is 1. The van der Waals surface area contributed by atoms with Crippen molar-refractivity contribution in [2.24, 2.45) is 0 Å². The van der Waals surface area contributed by atoms with Crippen LogP contribution < -0.4 is 0 Å². The summed E-state index contributed by atoms with van der Waals surface area (Å²) in [5, 5.41) is 1.93. The van der Waals surface area contributed by atoms with Gasteiger partial charge in [0.1, 0.15) is 5.15 Å². The summed E-state index contributed by atoms with van der Waals surface area (Å²) >= 11 is 5.85. The zero-order valence-electron chi connectivity index (χ0n) is 7.11. The van der Waals surface area contributed by atoms with Crippen LogP contribution in [0.3, 0.4) is 0 Å². The summed E-state index contributed by atoms with van der Waals surface area (Å²) in [4.78, 5) is 3.09. The molecule has 0 bridgehead atoms. The Morgan fingerprint density at radius 2 is 2.00 bits per heavy atom. The first kappa shape index (κ1) is 7.69. The van der Waals surface area contributed by atoms with E-state index in [1.165, 1.54) is 16.5 Å². The fourth-order valence-electron chi connectivity index (χ4n) is 1.42. The van der Waals surface area contributed by atoms with Crippen LogP contribution in [0.4, 0.5) is 0 Å². The number of fused-ring (bicyclic) bond motifs is 1. The normalized spacial score (nSPS) is 10.9. The minimum Gasteiger partial charge on any atom is -0.346 e. The summed E-state index contributed by atoms with van der Waals surface area (Å²) in [6.45, 7) is 4.22. The van der Waals surface area contributed by atoms with Gasteiger partial charge in [0.25, 0.3) is 0 Å². The van der Waals surface area contributed by atoms with Crippen LogP contribution in [-0.2, 0) is 0 Å². The van der Waals surface area contributed by atoms with Crippen molar-refractivity contribution < 1.29 is 0 Å². The number of aromatic amines is 1. The lowest BCUT2D eigenvalue weighted by Gasteiger charge is -1.99. The first-order chi connectivity index (χ1) is 5.68. The van der Waals surface area contributed by atoms with Crippen molar-refractivity contribution in [3.05, 3.63) is 34.5 Å². The Hall–Kier alpha value is -0.950. The van der Waals surface area contributed by atoms with Gasteiger partial charge in [0.2, 0.25) is 0 Å². The molecular formula is C10H10ClN. The Morgan fingerprint density at radius 1 is 1.25 bits per heavy atom. The summed E-state index contributed by atoms with van der Waals surface area (Å²) in [5.74, 6) is 0. The molecule has 0 amide bonds. The summed E-state index contributed by atoms with van der Waals surface area (Å²) in [6, 6.07) is 6.13. The third-order valence-corrected chi connectivity index (χ3v) is 2.51. The lowest BCUT2D eigenvalue weighted by molar-refractivity contribution is 1.37. The maximum Gasteiger partial charge on any atom is 0.107 e. The van der Waals surface area contributed by atoms with E-state index < -0.39 is 0 Å². The van der Waals surface area contributed by atoms with Gasteiger partial charge in [0.15, 0.2) is 0 Å². The molecule has 62 valence electrons. The van der Waals surface area contributed by atoms with E-state index in [9.17, 15) is 0 Å². The molecule has 1 N–H and O–H groups in total. The van der Waals surface area contributed by atoms with Crippen molar-refractivity contribution >= 4 is 22.5 Å². The van der Waals surface area contributed by atoms with Gasteiger partial charge in [-0.15, -0.1) is 0 Å². The third kappa shape index (κ3) is 1.01. The second-order valence-corrected chi connectivity index (χ2v) is 3.49. The first-order valence-corrected chi connectivity index (χ1v) is 4.30. The molecule has 1 nitrogen and oxygen atoms in total. The van der Waals surface area contributed by atoms with Crippen LogP contribution in [0.2, 0.25) is 5.15 Å². The van der Waals surface area contributed by atoms with Gasteiger partial charge in [0.05, 0.1) is 0 Å². The monoisotopic (exact) mass is 179 g/mol. The van der Waals surface area contributed by atoms with Gasteiger partial charge in [-0.3, -0.25) is 0 Å². The Balaban J connectivity index is 2.89. The van der Waals surface area contributed by atoms with Crippen molar-refractivity contribution in [3.8, 4) is 0 Å². The van der Waals surface area contributed by atoms with Gasteiger partial charge in [-0.05, 0) is 37.1 Å². The highest BCUT2D eigenvalue weighted by Crippen LogP contribution is 2.24. The van der Waals surface area contributed by atoms with Gasteiger partial charge >= 0.3 is 0 Å². The number of nitrogens with one attached hydrogen (secondary N) is 1. The van der Waals surface area contributed by atoms with Crippen molar-refractivity contribution in [3.63, 3.8) is 0 Å². The minimum atomic E-state index is 0.707. The molecular weight excluding hydrogens is 170 g/mol. The first-order valence-electron chi connectivity index (χ1n) is 3.93. The largest absolute Gasteiger partial charge is 0.346 e. The van der Waals surface area contributed by atoms with Crippen LogP contribution in [0.5, 0.6) is 0 Å². The van der Waals surface area contributed by atoms with Gasteiger partial charge in [-0.25, -0.2) is 0 Å². The van der Waals surface area contributed by atoms with Gasteiger partial charge in [0, 0.05) is 10.9 Å². The SMILES string of the molecule is Cc1ccc2[nH]c(Cl)cc2c1C. The average Bonchev–Trinajstić information content (AvgIpc) is 2.39. The molecule has 12 heavy (non-hydrogen) atoms. The zero-order valence-corrected chi connectivity index (χ0v) is 7.87. The maximum absolute atomic E-state index is 5.85. The van der Waals surface area contributed by atoms with E-state index in [1.807, 2.05) is 6.07 Å². The molecule has 2 rings (SSSR count). The number of halogens is 1. The molecule has 0 aliphatic rings. The van der Waals surface area contributed by atoms with Crippen LogP contribution in [-0.4, -0.2) is 4.98 Å². The summed E-state index contributed by atoms with van der Waals surface area (Å²) < 4.78 is 0. The number of rotatable bonds is 0. The Bertz CT molecular complexity index is 429. The molecule has 1 heterocycles. The fourth-order valence-corrected chi connectivity index (χ4v) is 1.63. The highest BCUT2D eigenvalue weighted by molar-refractivity contribution is 6.30. The van der Waals surface area contributed by atoms with Crippen LogP contribution in [0.1, 0.15) is 11.1 Å². The van der Waals surface area contributed by atoms with Crippen LogP contribution in [0.15, 0.2) is 18.2 Å². The summed E-state index contributed by atoms with van der Waals surface area (Å²) in [5.41, 5.74) is 3.72. The Morgan fingerprint density at radius 3 is 2.75 bits per heavy atom. The average molecular weight is 180 g/mol. The molecule has 0 saturated heterocycles. The van der Waals surface area contributed by atoms with Crippen LogP contribution in [0.25, 0.3) is 10.9 Å². The molecule has 1 aromatic heterocycles. The number of aromatic nitrogens is 1. The molecule has 0 aliphatic heterocycles. The van der Waals surface area contributed by atoms with Gasteiger partial charge < -0.3 is 4.98 Å². The Labute approximate surface area is 76.4 Å². The lowest BCUT2D eigenvalue weighted by atomic mass is 10.1. The quantitative estimate of drug-likeness (QED) is 0.638. The molecule has 0 radical (unpaired) electrons. The maximum atomic E-state index is 5.85. The lowest BCUT2D eigenvalue weighted by Crippen LogP contribution is -1.79. The zero-order chi connectivity index (χ0) is 8.72. The van der Waals surface area contributed by atoms with E-state index in [-0.39, 0.29) is 0 Å². The molecule has 0 unspecified atom stereocenters. The van der Waals surface area contributed by atoms with E-state index in [0.717, 1.165) is 5.52 Å². The third-order valence-electron chi connectivity index (χ3n) is 2.31. The predicted octanol–water partition coefficient (Wildman–Crippen LogP) is 3.44. The number of H-pyrrole nitrogens is 1. The molecule has 2 aromatic rings.